The molecule has 0 saturated carbocycles. The van der Waals surface area contributed by atoms with E-state index in [9.17, 15) is 13.2 Å². The van der Waals surface area contributed by atoms with Gasteiger partial charge >= 0.3 is 6.18 Å². The minimum absolute atomic E-state index is 0.534. The summed E-state index contributed by atoms with van der Waals surface area (Å²) in [6, 6.07) is 10.7. The van der Waals surface area contributed by atoms with Crippen LogP contribution in [0, 0.1) is 6.92 Å². The Labute approximate surface area is 109 Å². The number of methoxy groups -OCH3 is 1. The number of halogens is 3. The van der Waals surface area contributed by atoms with E-state index in [1.165, 1.54) is 13.2 Å². The first-order valence-corrected chi connectivity index (χ1v) is 5.74. The van der Waals surface area contributed by atoms with E-state index < -0.39 is 11.7 Å². The Morgan fingerprint density at radius 3 is 2.37 bits per heavy atom. The Kier molecular flexibility index (Phi) is 3.51. The molecule has 0 aliphatic carbocycles. The number of benzene rings is 2. The smallest absolute Gasteiger partial charge is 0.416 e. The quantitative estimate of drug-likeness (QED) is 0.766. The molecule has 2 aromatic carbocycles. The summed E-state index contributed by atoms with van der Waals surface area (Å²) in [4.78, 5) is 0. The summed E-state index contributed by atoms with van der Waals surface area (Å²) in [5.41, 5.74) is 1.53. The molecule has 19 heavy (non-hydrogen) atoms. The zero-order valence-electron chi connectivity index (χ0n) is 10.6. The van der Waals surface area contributed by atoms with Gasteiger partial charge in [0.15, 0.2) is 0 Å². The maximum Gasteiger partial charge on any atom is 0.416 e. The molecule has 4 heteroatoms. The van der Waals surface area contributed by atoms with Crippen LogP contribution >= 0.6 is 0 Å². The molecule has 0 fully saturated rings. The maximum absolute atomic E-state index is 12.7. The predicted molar refractivity (Wildman–Crippen MR) is 68.2 cm³/mol. The zero-order chi connectivity index (χ0) is 14.0. The molecule has 2 aromatic rings. The first-order valence-electron chi connectivity index (χ1n) is 5.74. The minimum Gasteiger partial charge on any atom is -0.497 e. The van der Waals surface area contributed by atoms with Gasteiger partial charge in [0.1, 0.15) is 5.75 Å². The monoisotopic (exact) mass is 266 g/mol. The van der Waals surface area contributed by atoms with Crippen LogP contribution in [0.2, 0.25) is 0 Å². The largest absolute Gasteiger partial charge is 0.497 e. The number of alkyl halides is 3. The van der Waals surface area contributed by atoms with E-state index in [2.05, 4.69) is 0 Å². The summed E-state index contributed by atoms with van der Waals surface area (Å²) in [5, 5.41) is 0. The standard InChI is InChI=1S/C15H13F3O/c1-10-6-7-13(19-2)9-14(10)11-4-3-5-12(8-11)15(16,17)18/h3-9H,1-2H3. The Hall–Kier alpha value is -1.97. The van der Waals surface area contributed by atoms with Crippen molar-refractivity contribution in [3.05, 3.63) is 53.6 Å². The molecule has 0 aliphatic rings. The Balaban J connectivity index is 2.53. The summed E-state index contributed by atoms with van der Waals surface area (Å²) in [7, 11) is 1.53. The summed E-state index contributed by atoms with van der Waals surface area (Å²) in [6.45, 7) is 1.86. The van der Waals surface area contributed by atoms with Gasteiger partial charge in [-0.25, -0.2) is 0 Å². The van der Waals surface area contributed by atoms with Gasteiger partial charge in [-0.05, 0) is 47.9 Å². The lowest BCUT2D eigenvalue weighted by Crippen LogP contribution is -2.04. The van der Waals surface area contributed by atoms with Crippen molar-refractivity contribution in [2.24, 2.45) is 0 Å². The second kappa shape index (κ2) is 4.96. The van der Waals surface area contributed by atoms with Gasteiger partial charge in [0.2, 0.25) is 0 Å². The van der Waals surface area contributed by atoms with Crippen LogP contribution in [0.4, 0.5) is 13.2 Å². The van der Waals surface area contributed by atoms with Gasteiger partial charge in [-0.15, -0.1) is 0 Å². The highest BCUT2D eigenvalue weighted by Crippen LogP contribution is 2.34. The molecule has 1 nitrogen and oxygen atoms in total. The van der Waals surface area contributed by atoms with Crippen molar-refractivity contribution in [3.63, 3.8) is 0 Å². The van der Waals surface area contributed by atoms with Crippen LogP contribution < -0.4 is 4.74 Å². The molecule has 0 heterocycles. The van der Waals surface area contributed by atoms with Gasteiger partial charge in [-0.1, -0.05) is 18.2 Å². The van der Waals surface area contributed by atoms with Crippen molar-refractivity contribution < 1.29 is 17.9 Å². The van der Waals surface area contributed by atoms with Crippen molar-refractivity contribution in [2.45, 2.75) is 13.1 Å². The van der Waals surface area contributed by atoms with E-state index in [4.69, 9.17) is 4.74 Å². The normalized spacial score (nSPS) is 11.4. The number of aryl methyl sites for hydroxylation is 1. The topological polar surface area (TPSA) is 9.23 Å². The third kappa shape index (κ3) is 2.89. The molecule has 0 aliphatic heterocycles. The molecule has 0 unspecified atom stereocenters. The molecule has 0 bridgehead atoms. The lowest BCUT2D eigenvalue weighted by Gasteiger charge is -2.11. The van der Waals surface area contributed by atoms with Crippen LogP contribution in [-0.2, 0) is 6.18 Å². The van der Waals surface area contributed by atoms with E-state index in [1.54, 1.807) is 18.2 Å². The van der Waals surface area contributed by atoms with Gasteiger partial charge in [0.25, 0.3) is 0 Å². The highest BCUT2D eigenvalue weighted by Gasteiger charge is 2.30. The number of rotatable bonds is 2. The van der Waals surface area contributed by atoms with Crippen molar-refractivity contribution >= 4 is 0 Å². The van der Waals surface area contributed by atoms with Gasteiger partial charge in [0, 0.05) is 0 Å². The summed E-state index contributed by atoms with van der Waals surface area (Å²) in [5.74, 6) is 0.623. The molecule has 0 atom stereocenters. The number of ether oxygens (including phenoxy) is 1. The zero-order valence-corrected chi connectivity index (χ0v) is 10.6. The molecule has 0 spiro atoms. The molecule has 100 valence electrons. The van der Waals surface area contributed by atoms with E-state index in [0.717, 1.165) is 23.3 Å². The van der Waals surface area contributed by atoms with Crippen LogP contribution in [0.25, 0.3) is 11.1 Å². The fourth-order valence-corrected chi connectivity index (χ4v) is 1.90. The molecule has 0 saturated heterocycles. The van der Waals surface area contributed by atoms with Gasteiger partial charge in [0.05, 0.1) is 12.7 Å². The van der Waals surface area contributed by atoms with E-state index >= 15 is 0 Å². The second-order valence-corrected chi connectivity index (χ2v) is 4.26. The first-order chi connectivity index (χ1) is 8.91. The Bertz CT molecular complexity index is 588. The summed E-state index contributed by atoms with van der Waals surface area (Å²) in [6.07, 6.45) is -4.33. The minimum atomic E-state index is -4.33. The van der Waals surface area contributed by atoms with Crippen molar-refractivity contribution in [1.29, 1.82) is 0 Å². The average molecular weight is 266 g/mol. The first kappa shape index (κ1) is 13.5. The predicted octanol–water partition coefficient (Wildman–Crippen LogP) is 4.69. The second-order valence-electron chi connectivity index (χ2n) is 4.26. The van der Waals surface area contributed by atoms with Crippen molar-refractivity contribution in [1.82, 2.24) is 0 Å². The molecule has 2 rings (SSSR count). The van der Waals surface area contributed by atoms with Gasteiger partial charge < -0.3 is 4.74 Å². The summed E-state index contributed by atoms with van der Waals surface area (Å²) >= 11 is 0. The number of hydrogen-bond acceptors (Lipinski definition) is 1. The van der Waals surface area contributed by atoms with E-state index in [1.807, 2.05) is 13.0 Å². The van der Waals surface area contributed by atoms with Gasteiger partial charge in [-0.3, -0.25) is 0 Å². The van der Waals surface area contributed by atoms with Crippen molar-refractivity contribution in [2.75, 3.05) is 7.11 Å². The molecular weight excluding hydrogens is 253 g/mol. The Morgan fingerprint density at radius 2 is 1.74 bits per heavy atom. The van der Waals surface area contributed by atoms with E-state index in [-0.39, 0.29) is 0 Å². The fraction of sp³-hybridized carbons (Fsp3) is 0.200. The van der Waals surface area contributed by atoms with Crippen LogP contribution in [0.5, 0.6) is 5.75 Å². The SMILES string of the molecule is COc1ccc(C)c(-c2cccc(C(F)(F)F)c2)c1. The Morgan fingerprint density at radius 1 is 1.00 bits per heavy atom. The van der Waals surface area contributed by atoms with Crippen LogP contribution in [0.3, 0.4) is 0 Å². The highest BCUT2D eigenvalue weighted by atomic mass is 19.4. The van der Waals surface area contributed by atoms with Crippen LogP contribution in [-0.4, -0.2) is 7.11 Å². The lowest BCUT2D eigenvalue weighted by molar-refractivity contribution is -0.137. The molecule has 0 amide bonds. The molecule has 0 N–H and O–H groups in total. The highest BCUT2D eigenvalue weighted by molar-refractivity contribution is 5.69. The number of hydrogen-bond donors (Lipinski definition) is 0. The van der Waals surface area contributed by atoms with E-state index in [0.29, 0.717) is 11.3 Å². The molecular formula is C15H13F3O. The molecule has 0 radical (unpaired) electrons. The fourth-order valence-electron chi connectivity index (χ4n) is 1.90. The lowest BCUT2D eigenvalue weighted by atomic mass is 9.98. The average Bonchev–Trinajstić information content (AvgIpc) is 2.38. The van der Waals surface area contributed by atoms with Crippen LogP contribution in [0.15, 0.2) is 42.5 Å². The van der Waals surface area contributed by atoms with Gasteiger partial charge in [-0.2, -0.15) is 13.2 Å². The molecule has 0 aromatic heterocycles. The third-order valence-corrected chi connectivity index (χ3v) is 2.95. The van der Waals surface area contributed by atoms with Crippen molar-refractivity contribution in [3.8, 4) is 16.9 Å². The van der Waals surface area contributed by atoms with Crippen LogP contribution in [0.1, 0.15) is 11.1 Å². The maximum atomic E-state index is 12.7. The third-order valence-electron chi connectivity index (χ3n) is 2.95. The summed E-state index contributed by atoms with van der Waals surface area (Å²) < 4.78 is 43.2.